The number of rotatable bonds is 2. The van der Waals surface area contributed by atoms with Crippen LogP contribution in [-0.4, -0.2) is 32.1 Å². The van der Waals surface area contributed by atoms with Gasteiger partial charge in [-0.05, 0) is 19.8 Å². The first kappa shape index (κ1) is 13.7. The molecule has 1 aliphatic heterocycles. The van der Waals surface area contributed by atoms with Gasteiger partial charge in [0.25, 0.3) is 0 Å². The van der Waals surface area contributed by atoms with E-state index in [1.807, 2.05) is 7.05 Å². The quantitative estimate of drug-likeness (QED) is 0.897. The van der Waals surface area contributed by atoms with Crippen LogP contribution in [0.25, 0.3) is 0 Å². The lowest BCUT2D eigenvalue weighted by Gasteiger charge is -2.34. The Labute approximate surface area is 122 Å². The highest BCUT2D eigenvalue weighted by Crippen LogP contribution is 2.41. The molecule has 1 N–H and O–H groups in total. The largest absolute Gasteiger partial charge is 0.478 e. The van der Waals surface area contributed by atoms with Crippen LogP contribution < -0.4 is 0 Å². The zero-order valence-electron chi connectivity index (χ0n) is 12.0. The molecule has 2 aliphatic rings. The third-order valence-electron chi connectivity index (χ3n) is 4.27. The highest BCUT2D eigenvalue weighted by atomic mass is 16.4. The monoisotopic (exact) mass is 287 g/mol. The van der Waals surface area contributed by atoms with Gasteiger partial charge in [-0.15, -0.1) is 0 Å². The second-order valence-electron chi connectivity index (χ2n) is 5.58. The van der Waals surface area contributed by atoms with E-state index in [2.05, 4.69) is 9.98 Å². The predicted octanol–water partition coefficient (Wildman–Crippen LogP) is 1.69. The molecule has 0 spiro atoms. The van der Waals surface area contributed by atoms with Gasteiger partial charge in [0.1, 0.15) is 11.6 Å². The Kier molecular flexibility index (Phi) is 3.23. The van der Waals surface area contributed by atoms with Gasteiger partial charge in [-0.1, -0.05) is 0 Å². The second-order valence-corrected chi connectivity index (χ2v) is 5.58. The molecule has 6 nitrogen and oxygen atoms in total. The van der Waals surface area contributed by atoms with Gasteiger partial charge in [-0.2, -0.15) is 0 Å². The van der Waals surface area contributed by atoms with Crippen molar-refractivity contribution in [2.75, 3.05) is 0 Å². The number of aromatic nitrogens is 2. The Morgan fingerprint density at radius 2 is 2.14 bits per heavy atom. The number of carbonyl (C=O) groups excluding carboxylic acids is 1. The smallest absolute Gasteiger partial charge is 0.334 e. The van der Waals surface area contributed by atoms with Crippen LogP contribution in [-0.2, 0) is 16.6 Å². The molecule has 0 saturated heterocycles. The van der Waals surface area contributed by atoms with Crippen molar-refractivity contribution < 1.29 is 14.7 Å². The summed E-state index contributed by atoms with van der Waals surface area (Å²) in [5, 5.41) is 9.57. The molecule has 110 valence electrons. The number of carboxylic acids is 1. The number of hydrogen-bond acceptors (Lipinski definition) is 4. The van der Waals surface area contributed by atoms with Crippen molar-refractivity contribution in [3.05, 3.63) is 29.5 Å². The predicted molar refractivity (Wildman–Crippen MR) is 76.1 cm³/mol. The van der Waals surface area contributed by atoms with Crippen molar-refractivity contribution in [1.29, 1.82) is 0 Å². The van der Waals surface area contributed by atoms with Gasteiger partial charge in [-0.3, -0.25) is 9.79 Å². The van der Waals surface area contributed by atoms with E-state index in [1.165, 1.54) is 0 Å². The molecule has 2 atom stereocenters. The van der Waals surface area contributed by atoms with Gasteiger partial charge in [0, 0.05) is 37.3 Å². The SMILES string of the molecule is CC1=C(C(=O)O)C(c2nccn2C)C2C(=O)CCCC2=N1. The summed E-state index contributed by atoms with van der Waals surface area (Å²) in [6, 6.07) is 0. The molecular formula is C15H17N3O3. The number of hydrogen-bond donors (Lipinski definition) is 1. The molecule has 0 amide bonds. The molecule has 0 aromatic carbocycles. The number of carboxylic acid groups (broad SMARTS) is 1. The molecular weight excluding hydrogens is 270 g/mol. The molecule has 21 heavy (non-hydrogen) atoms. The summed E-state index contributed by atoms with van der Waals surface area (Å²) in [5.74, 6) is -1.36. The maximum Gasteiger partial charge on any atom is 0.334 e. The van der Waals surface area contributed by atoms with Crippen LogP contribution in [0.3, 0.4) is 0 Å². The highest BCUT2D eigenvalue weighted by molar-refractivity contribution is 6.11. The molecule has 2 heterocycles. The number of aryl methyl sites for hydroxylation is 1. The molecule has 1 aliphatic carbocycles. The minimum Gasteiger partial charge on any atom is -0.478 e. The van der Waals surface area contributed by atoms with Crippen LogP contribution >= 0.6 is 0 Å². The van der Waals surface area contributed by atoms with Gasteiger partial charge in [-0.25, -0.2) is 9.78 Å². The van der Waals surface area contributed by atoms with Crippen molar-refractivity contribution in [3.63, 3.8) is 0 Å². The topological polar surface area (TPSA) is 84.5 Å². The van der Waals surface area contributed by atoms with E-state index in [0.717, 1.165) is 18.6 Å². The molecule has 6 heteroatoms. The van der Waals surface area contributed by atoms with E-state index in [-0.39, 0.29) is 11.4 Å². The summed E-state index contributed by atoms with van der Waals surface area (Å²) < 4.78 is 1.78. The lowest BCUT2D eigenvalue weighted by molar-refractivity contribution is -0.133. The van der Waals surface area contributed by atoms with Crippen LogP contribution in [0, 0.1) is 5.92 Å². The summed E-state index contributed by atoms with van der Waals surface area (Å²) in [4.78, 5) is 32.8. The summed E-state index contributed by atoms with van der Waals surface area (Å²) in [6.07, 6.45) is 5.42. The fraction of sp³-hybridized carbons (Fsp3) is 0.467. The number of ketones is 1. The number of aliphatic carboxylic acids is 1. The van der Waals surface area contributed by atoms with Crippen molar-refractivity contribution in [2.45, 2.75) is 32.1 Å². The average Bonchev–Trinajstić information content (AvgIpc) is 2.83. The summed E-state index contributed by atoms with van der Waals surface area (Å²) in [5.41, 5.74) is 1.48. The Bertz CT molecular complexity index is 684. The van der Waals surface area contributed by atoms with Crippen LogP contribution in [0.5, 0.6) is 0 Å². The maximum atomic E-state index is 12.4. The van der Waals surface area contributed by atoms with Crippen molar-refractivity contribution in [2.24, 2.45) is 18.0 Å². The summed E-state index contributed by atoms with van der Waals surface area (Å²) in [7, 11) is 1.82. The molecule has 2 unspecified atom stereocenters. The first-order valence-corrected chi connectivity index (χ1v) is 7.02. The fourth-order valence-electron chi connectivity index (χ4n) is 3.35. The fourth-order valence-corrected chi connectivity index (χ4v) is 3.35. The molecule has 1 aromatic heterocycles. The van der Waals surface area contributed by atoms with Gasteiger partial charge in [0.15, 0.2) is 0 Å². The first-order valence-electron chi connectivity index (χ1n) is 7.02. The van der Waals surface area contributed by atoms with E-state index in [9.17, 15) is 14.7 Å². The van der Waals surface area contributed by atoms with Crippen molar-refractivity contribution in [1.82, 2.24) is 9.55 Å². The Morgan fingerprint density at radius 3 is 2.76 bits per heavy atom. The Morgan fingerprint density at radius 1 is 1.38 bits per heavy atom. The number of fused-ring (bicyclic) bond motifs is 1. The van der Waals surface area contributed by atoms with E-state index in [0.29, 0.717) is 17.9 Å². The lowest BCUT2D eigenvalue weighted by Crippen LogP contribution is -2.39. The Hall–Kier alpha value is -2.24. The van der Waals surface area contributed by atoms with Gasteiger partial charge in [0.2, 0.25) is 0 Å². The molecule has 0 radical (unpaired) electrons. The van der Waals surface area contributed by atoms with Crippen molar-refractivity contribution >= 4 is 17.5 Å². The van der Waals surface area contributed by atoms with E-state index >= 15 is 0 Å². The molecule has 1 saturated carbocycles. The Balaban J connectivity index is 2.20. The number of aliphatic imine (C=N–C) groups is 1. The summed E-state index contributed by atoms with van der Waals surface area (Å²) in [6.45, 7) is 1.70. The third kappa shape index (κ3) is 2.11. The van der Waals surface area contributed by atoms with Gasteiger partial charge < -0.3 is 9.67 Å². The van der Waals surface area contributed by atoms with Crippen LogP contribution in [0.15, 0.2) is 28.7 Å². The number of carbonyl (C=O) groups is 2. The second kappa shape index (κ2) is 4.95. The number of allylic oxidation sites excluding steroid dienone is 1. The van der Waals surface area contributed by atoms with Gasteiger partial charge in [0.05, 0.1) is 17.4 Å². The highest BCUT2D eigenvalue weighted by Gasteiger charge is 2.44. The molecule has 1 fully saturated rings. The maximum absolute atomic E-state index is 12.4. The van der Waals surface area contributed by atoms with Crippen molar-refractivity contribution in [3.8, 4) is 0 Å². The van der Waals surface area contributed by atoms with E-state index in [4.69, 9.17) is 0 Å². The van der Waals surface area contributed by atoms with Gasteiger partial charge >= 0.3 is 5.97 Å². The average molecular weight is 287 g/mol. The zero-order valence-corrected chi connectivity index (χ0v) is 12.0. The van der Waals surface area contributed by atoms with Crippen LogP contribution in [0.4, 0.5) is 0 Å². The first-order chi connectivity index (χ1) is 10.0. The van der Waals surface area contributed by atoms with Crippen LogP contribution in [0.1, 0.15) is 37.9 Å². The zero-order chi connectivity index (χ0) is 15.1. The minimum atomic E-state index is -1.03. The summed E-state index contributed by atoms with van der Waals surface area (Å²) >= 11 is 0. The standard InChI is InChI=1S/C15H17N3O3/c1-8-11(15(20)21)13(14-16-6-7-18(14)2)12-9(17-8)4-3-5-10(12)19/h6-7,12-13H,3-5H2,1-2H3,(H,20,21). The van der Waals surface area contributed by atoms with E-state index in [1.54, 1.807) is 23.9 Å². The minimum absolute atomic E-state index is 0.0688. The number of nitrogens with zero attached hydrogens (tertiary/aromatic N) is 3. The number of Topliss-reactive ketones (excluding diaryl/α,β-unsaturated/α-hetero) is 1. The van der Waals surface area contributed by atoms with Crippen LogP contribution in [0.2, 0.25) is 0 Å². The molecule has 1 aromatic rings. The number of imidazole rings is 1. The third-order valence-corrected chi connectivity index (χ3v) is 4.27. The normalized spacial score (nSPS) is 25.6. The molecule has 0 bridgehead atoms. The van der Waals surface area contributed by atoms with E-state index < -0.39 is 17.8 Å². The molecule has 3 rings (SSSR count). The lowest BCUT2D eigenvalue weighted by atomic mass is 9.72.